The average Bonchev–Trinajstić information content (AvgIpc) is 2.74. The summed E-state index contributed by atoms with van der Waals surface area (Å²) >= 11 is 4.47. The highest BCUT2D eigenvalue weighted by atomic mass is 79.9. The maximum Gasteiger partial charge on any atom is 0.573 e. The van der Waals surface area contributed by atoms with Crippen LogP contribution in [-0.2, 0) is 0 Å². The predicted octanol–water partition coefficient (Wildman–Crippen LogP) is 4.49. The molecule has 2 rings (SSSR count). The van der Waals surface area contributed by atoms with Gasteiger partial charge in [-0.25, -0.2) is 0 Å². The van der Waals surface area contributed by atoms with Gasteiger partial charge < -0.3 is 9.84 Å². The maximum atomic E-state index is 12.3. The Balaban J connectivity index is 2.34. The number of aliphatic hydroxyl groups excluding tert-OH is 1. The highest BCUT2D eigenvalue weighted by Crippen LogP contribution is 2.36. The van der Waals surface area contributed by atoms with E-state index in [1.807, 2.05) is 0 Å². The second kappa shape index (κ2) is 5.52. The van der Waals surface area contributed by atoms with E-state index in [-0.39, 0.29) is 5.56 Å². The van der Waals surface area contributed by atoms with Gasteiger partial charge in [-0.2, -0.15) is 0 Å². The van der Waals surface area contributed by atoms with Crippen molar-refractivity contribution < 1.29 is 23.0 Å². The minimum Gasteiger partial charge on any atom is -0.405 e. The molecular formula is C12H8BrF3O2S. The van der Waals surface area contributed by atoms with E-state index in [9.17, 15) is 18.3 Å². The van der Waals surface area contributed by atoms with E-state index in [0.29, 0.717) is 4.88 Å². The van der Waals surface area contributed by atoms with Crippen molar-refractivity contribution in [2.24, 2.45) is 0 Å². The first-order valence-electron chi connectivity index (χ1n) is 5.13. The molecule has 1 aromatic carbocycles. The lowest BCUT2D eigenvalue weighted by Crippen LogP contribution is -2.18. The molecule has 2 aromatic rings. The fourth-order valence-corrected chi connectivity index (χ4v) is 3.00. The zero-order chi connectivity index (χ0) is 14.0. The van der Waals surface area contributed by atoms with E-state index < -0.39 is 18.2 Å². The summed E-state index contributed by atoms with van der Waals surface area (Å²) in [4.78, 5) is 0.532. The van der Waals surface area contributed by atoms with E-state index in [4.69, 9.17) is 0 Å². The number of thiophene rings is 1. The number of alkyl halides is 3. The smallest absolute Gasteiger partial charge is 0.405 e. The Morgan fingerprint density at radius 1 is 1.26 bits per heavy atom. The minimum atomic E-state index is -4.79. The monoisotopic (exact) mass is 352 g/mol. The molecule has 0 bridgehead atoms. The number of hydrogen-bond donors (Lipinski definition) is 1. The third-order valence-electron chi connectivity index (χ3n) is 2.30. The van der Waals surface area contributed by atoms with E-state index >= 15 is 0 Å². The first-order chi connectivity index (χ1) is 8.87. The first-order valence-corrected chi connectivity index (χ1v) is 6.81. The van der Waals surface area contributed by atoms with Crippen LogP contribution in [0.15, 0.2) is 40.2 Å². The number of benzene rings is 1. The molecule has 0 aliphatic heterocycles. The lowest BCUT2D eigenvalue weighted by atomic mass is 10.1. The molecule has 0 saturated heterocycles. The van der Waals surface area contributed by atoms with Crippen LogP contribution in [0.2, 0.25) is 0 Å². The van der Waals surface area contributed by atoms with Gasteiger partial charge in [-0.15, -0.1) is 24.5 Å². The summed E-state index contributed by atoms with van der Waals surface area (Å²) in [6.07, 6.45) is -5.94. The van der Waals surface area contributed by atoms with Gasteiger partial charge in [0.15, 0.2) is 0 Å². The number of hydrogen-bond acceptors (Lipinski definition) is 3. The SMILES string of the molecule is OC(c1cc(Br)cs1)c1ccccc1OC(F)(F)F. The molecule has 19 heavy (non-hydrogen) atoms. The van der Waals surface area contributed by atoms with E-state index in [2.05, 4.69) is 20.7 Å². The molecule has 0 aliphatic carbocycles. The molecule has 2 nitrogen and oxygen atoms in total. The second-order valence-electron chi connectivity index (χ2n) is 3.66. The molecule has 1 atom stereocenters. The number of halogens is 4. The minimum absolute atomic E-state index is 0.0779. The molecule has 0 saturated carbocycles. The summed E-state index contributed by atoms with van der Waals surface area (Å²) in [7, 11) is 0. The van der Waals surface area contributed by atoms with Gasteiger partial charge in [-0.3, -0.25) is 0 Å². The quantitative estimate of drug-likeness (QED) is 0.881. The molecule has 1 heterocycles. The zero-order valence-corrected chi connectivity index (χ0v) is 11.7. The van der Waals surface area contributed by atoms with Crippen LogP contribution in [0.4, 0.5) is 13.2 Å². The Morgan fingerprint density at radius 3 is 2.53 bits per heavy atom. The lowest BCUT2D eigenvalue weighted by molar-refractivity contribution is -0.275. The normalized spacial score (nSPS) is 13.3. The topological polar surface area (TPSA) is 29.5 Å². The standard InChI is InChI=1S/C12H8BrF3O2S/c13-7-5-10(19-6-7)11(17)8-3-1-2-4-9(8)18-12(14,15)16/h1-6,11,17H. The molecular weight excluding hydrogens is 345 g/mol. The van der Waals surface area contributed by atoms with Crippen LogP contribution in [0, 0.1) is 0 Å². The Bertz CT molecular complexity index is 568. The molecule has 0 aliphatic rings. The molecule has 0 spiro atoms. The molecule has 102 valence electrons. The van der Waals surface area contributed by atoms with Crippen LogP contribution in [0.1, 0.15) is 16.5 Å². The van der Waals surface area contributed by atoms with Crippen LogP contribution in [0.25, 0.3) is 0 Å². The van der Waals surface area contributed by atoms with Crippen LogP contribution in [0.5, 0.6) is 5.75 Å². The third kappa shape index (κ3) is 3.71. The second-order valence-corrected chi connectivity index (χ2v) is 5.51. The van der Waals surface area contributed by atoms with Gasteiger partial charge in [0.1, 0.15) is 11.9 Å². The third-order valence-corrected chi connectivity index (χ3v) is 4.04. The largest absolute Gasteiger partial charge is 0.573 e. The van der Waals surface area contributed by atoms with Crippen molar-refractivity contribution in [2.75, 3.05) is 0 Å². The van der Waals surface area contributed by atoms with Crippen molar-refractivity contribution >= 4 is 27.3 Å². The van der Waals surface area contributed by atoms with Crippen molar-refractivity contribution in [3.05, 3.63) is 50.6 Å². The lowest BCUT2D eigenvalue weighted by Gasteiger charge is -2.16. The van der Waals surface area contributed by atoms with Gasteiger partial charge >= 0.3 is 6.36 Å². The van der Waals surface area contributed by atoms with Crippen LogP contribution >= 0.6 is 27.3 Å². The fraction of sp³-hybridized carbons (Fsp3) is 0.167. The van der Waals surface area contributed by atoms with E-state index in [1.54, 1.807) is 17.5 Å². The van der Waals surface area contributed by atoms with Crippen LogP contribution in [-0.4, -0.2) is 11.5 Å². The summed E-state index contributed by atoms with van der Waals surface area (Å²) < 4.78 is 41.5. The van der Waals surface area contributed by atoms with Crippen molar-refractivity contribution in [1.82, 2.24) is 0 Å². The molecule has 1 unspecified atom stereocenters. The summed E-state index contributed by atoms with van der Waals surface area (Å²) in [6, 6.07) is 7.19. The predicted molar refractivity (Wildman–Crippen MR) is 69.2 cm³/mol. The van der Waals surface area contributed by atoms with Crippen LogP contribution < -0.4 is 4.74 Å². The molecule has 0 radical (unpaired) electrons. The van der Waals surface area contributed by atoms with Gasteiger partial charge in [0.05, 0.1) is 0 Å². The summed E-state index contributed by atoms with van der Waals surface area (Å²) in [5, 5.41) is 11.9. The fourth-order valence-electron chi connectivity index (χ4n) is 1.55. The molecule has 0 fully saturated rings. The Labute approximate surface area is 119 Å². The average molecular weight is 353 g/mol. The summed E-state index contributed by atoms with van der Waals surface area (Å²) in [5.41, 5.74) is 0.0779. The van der Waals surface area contributed by atoms with E-state index in [1.165, 1.54) is 29.5 Å². The molecule has 1 N–H and O–H groups in total. The highest BCUT2D eigenvalue weighted by molar-refractivity contribution is 9.10. The van der Waals surface area contributed by atoms with Crippen molar-refractivity contribution in [2.45, 2.75) is 12.5 Å². The first kappa shape index (κ1) is 14.4. The zero-order valence-electron chi connectivity index (χ0n) is 9.32. The van der Waals surface area contributed by atoms with Crippen LogP contribution in [0.3, 0.4) is 0 Å². The van der Waals surface area contributed by atoms with Crippen molar-refractivity contribution in [3.8, 4) is 5.75 Å². The molecule has 0 amide bonds. The summed E-state index contributed by atoms with van der Waals surface area (Å²) in [5.74, 6) is -0.396. The maximum absolute atomic E-state index is 12.3. The van der Waals surface area contributed by atoms with Gasteiger partial charge in [-0.1, -0.05) is 18.2 Å². The number of para-hydroxylation sites is 1. The Hall–Kier alpha value is -1.05. The van der Waals surface area contributed by atoms with Gasteiger partial charge in [0.2, 0.25) is 0 Å². The van der Waals surface area contributed by atoms with Gasteiger partial charge in [0, 0.05) is 20.3 Å². The Kier molecular flexibility index (Phi) is 4.17. The Morgan fingerprint density at radius 2 is 1.95 bits per heavy atom. The summed E-state index contributed by atoms with van der Waals surface area (Å²) in [6.45, 7) is 0. The number of aliphatic hydroxyl groups is 1. The molecule has 7 heteroatoms. The number of rotatable bonds is 3. The van der Waals surface area contributed by atoms with Crippen molar-refractivity contribution in [1.29, 1.82) is 0 Å². The van der Waals surface area contributed by atoms with E-state index in [0.717, 1.165) is 4.47 Å². The molecule has 1 aromatic heterocycles. The highest BCUT2D eigenvalue weighted by Gasteiger charge is 2.33. The van der Waals surface area contributed by atoms with Crippen molar-refractivity contribution in [3.63, 3.8) is 0 Å². The van der Waals surface area contributed by atoms with Gasteiger partial charge in [0.25, 0.3) is 0 Å². The number of ether oxygens (including phenoxy) is 1. The van der Waals surface area contributed by atoms with Gasteiger partial charge in [-0.05, 0) is 28.1 Å².